The summed E-state index contributed by atoms with van der Waals surface area (Å²) in [6.07, 6.45) is 1.85. The molecule has 0 unspecified atom stereocenters. The van der Waals surface area contributed by atoms with Crippen molar-refractivity contribution in [2.75, 3.05) is 12.3 Å². The number of hydrogen-bond donors (Lipinski definition) is 1. The van der Waals surface area contributed by atoms with Crippen LogP contribution in [0.25, 0.3) is 10.8 Å². The van der Waals surface area contributed by atoms with Gasteiger partial charge in [-0.25, -0.2) is 0 Å². The van der Waals surface area contributed by atoms with Gasteiger partial charge in [-0.3, -0.25) is 4.68 Å². The second-order valence-corrected chi connectivity index (χ2v) is 4.33. The van der Waals surface area contributed by atoms with Gasteiger partial charge < -0.3 is 10.5 Å². The molecule has 0 saturated heterocycles. The largest absolute Gasteiger partial charge is 0.491 e. The monoisotopic (exact) mass is 253 g/mol. The molecule has 4 nitrogen and oxygen atoms in total. The number of nitrogen functional groups attached to an aromatic ring is 1. The van der Waals surface area contributed by atoms with Crippen molar-refractivity contribution >= 4 is 16.6 Å². The first kappa shape index (κ1) is 11.6. The number of rotatable bonds is 4. The molecule has 0 amide bonds. The van der Waals surface area contributed by atoms with Crippen molar-refractivity contribution in [3.63, 3.8) is 0 Å². The van der Waals surface area contributed by atoms with E-state index < -0.39 is 0 Å². The molecule has 0 spiro atoms. The third-order valence-corrected chi connectivity index (χ3v) is 2.99. The Hall–Kier alpha value is -2.49. The van der Waals surface area contributed by atoms with E-state index in [1.165, 1.54) is 5.39 Å². The van der Waals surface area contributed by atoms with Crippen molar-refractivity contribution in [1.29, 1.82) is 0 Å². The molecule has 0 radical (unpaired) electrons. The van der Waals surface area contributed by atoms with Crippen LogP contribution >= 0.6 is 0 Å². The molecule has 3 rings (SSSR count). The lowest BCUT2D eigenvalue weighted by Gasteiger charge is -2.09. The molecular weight excluding hydrogens is 238 g/mol. The third-order valence-electron chi connectivity index (χ3n) is 2.99. The molecular formula is C15H15N3O. The first-order valence-electron chi connectivity index (χ1n) is 6.22. The highest BCUT2D eigenvalue weighted by atomic mass is 16.5. The highest BCUT2D eigenvalue weighted by Crippen LogP contribution is 2.24. The highest BCUT2D eigenvalue weighted by Gasteiger charge is 2.01. The van der Waals surface area contributed by atoms with E-state index in [1.54, 1.807) is 10.7 Å². The van der Waals surface area contributed by atoms with Crippen LogP contribution in [0.5, 0.6) is 5.75 Å². The molecule has 2 N–H and O–H groups in total. The van der Waals surface area contributed by atoms with Crippen molar-refractivity contribution in [1.82, 2.24) is 9.78 Å². The van der Waals surface area contributed by atoms with Crippen LogP contribution in [-0.4, -0.2) is 16.4 Å². The predicted molar refractivity (Wildman–Crippen MR) is 76.1 cm³/mol. The molecule has 0 aliphatic heterocycles. The van der Waals surface area contributed by atoms with Crippen molar-refractivity contribution in [3.05, 3.63) is 54.7 Å². The van der Waals surface area contributed by atoms with Crippen molar-refractivity contribution in [2.24, 2.45) is 0 Å². The van der Waals surface area contributed by atoms with Crippen LogP contribution in [0.15, 0.2) is 54.7 Å². The SMILES string of the molecule is Nc1ccn(CCOc2cccc3ccccc23)n1. The molecule has 0 saturated carbocycles. The van der Waals surface area contributed by atoms with Gasteiger partial charge in [0.1, 0.15) is 18.2 Å². The average molecular weight is 253 g/mol. The number of benzene rings is 2. The number of anilines is 1. The summed E-state index contributed by atoms with van der Waals surface area (Å²) in [6.45, 7) is 1.25. The van der Waals surface area contributed by atoms with Crippen molar-refractivity contribution < 1.29 is 4.74 Å². The zero-order valence-electron chi connectivity index (χ0n) is 10.5. The van der Waals surface area contributed by atoms with Gasteiger partial charge in [0.25, 0.3) is 0 Å². The summed E-state index contributed by atoms with van der Waals surface area (Å²) in [6, 6.07) is 16.0. The minimum atomic E-state index is 0.533. The molecule has 96 valence electrons. The lowest BCUT2D eigenvalue weighted by molar-refractivity contribution is 0.294. The molecule has 0 bridgehead atoms. The Bertz CT molecular complexity index is 685. The molecule has 2 aromatic carbocycles. The number of ether oxygens (including phenoxy) is 1. The Labute approximate surface area is 111 Å². The number of fused-ring (bicyclic) bond motifs is 1. The zero-order chi connectivity index (χ0) is 13.1. The molecule has 19 heavy (non-hydrogen) atoms. The van der Waals surface area contributed by atoms with Gasteiger partial charge in [-0.05, 0) is 17.5 Å². The molecule has 0 fully saturated rings. The van der Waals surface area contributed by atoms with E-state index in [1.807, 2.05) is 30.5 Å². The van der Waals surface area contributed by atoms with Crippen LogP contribution in [0, 0.1) is 0 Å². The maximum Gasteiger partial charge on any atom is 0.145 e. The summed E-state index contributed by atoms with van der Waals surface area (Å²) in [5, 5.41) is 6.43. The predicted octanol–water partition coefficient (Wildman–Crippen LogP) is 2.70. The first-order valence-corrected chi connectivity index (χ1v) is 6.22. The summed E-state index contributed by atoms with van der Waals surface area (Å²) in [5.41, 5.74) is 5.56. The van der Waals surface area contributed by atoms with Gasteiger partial charge in [0.05, 0.1) is 6.54 Å². The van der Waals surface area contributed by atoms with Crippen LogP contribution < -0.4 is 10.5 Å². The van der Waals surface area contributed by atoms with E-state index in [0.29, 0.717) is 19.0 Å². The molecule has 3 aromatic rings. The molecule has 0 aliphatic rings. The van der Waals surface area contributed by atoms with E-state index in [9.17, 15) is 0 Å². The number of aromatic nitrogens is 2. The van der Waals surface area contributed by atoms with Gasteiger partial charge in [0.15, 0.2) is 0 Å². The van der Waals surface area contributed by atoms with Crippen LogP contribution in [-0.2, 0) is 6.54 Å². The molecule has 0 atom stereocenters. The lowest BCUT2D eigenvalue weighted by Crippen LogP contribution is -2.09. The Morgan fingerprint density at radius 2 is 1.89 bits per heavy atom. The van der Waals surface area contributed by atoms with E-state index in [4.69, 9.17) is 10.5 Å². The van der Waals surface area contributed by atoms with Gasteiger partial charge in [-0.2, -0.15) is 5.10 Å². The van der Waals surface area contributed by atoms with Crippen LogP contribution in [0.3, 0.4) is 0 Å². The standard InChI is InChI=1S/C15H15N3O/c16-15-8-9-18(17-15)10-11-19-14-7-3-5-12-4-1-2-6-13(12)14/h1-9H,10-11H2,(H2,16,17). The third kappa shape index (κ3) is 2.52. The average Bonchev–Trinajstić information content (AvgIpc) is 2.85. The highest BCUT2D eigenvalue weighted by molar-refractivity contribution is 5.88. The fourth-order valence-electron chi connectivity index (χ4n) is 2.07. The maximum atomic E-state index is 5.83. The fourth-order valence-corrected chi connectivity index (χ4v) is 2.07. The Morgan fingerprint density at radius 1 is 1.05 bits per heavy atom. The normalized spacial score (nSPS) is 10.7. The summed E-state index contributed by atoms with van der Waals surface area (Å²) in [7, 11) is 0. The van der Waals surface area contributed by atoms with Crippen LogP contribution in [0.1, 0.15) is 0 Å². The topological polar surface area (TPSA) is 53.1 Å². The van der Waals surface area contributed by atoms with E-state index >= 15 is 0 Å². The van der Waals surface area contributed by atoms with Crippen molar-refractivity contribution in [3.8, 4) is 5.75 Å². The van der Waals surface area contributed by atoms with E-state index in [-0.39, 0.29) is 0 Å². The quantitative estimate of drug-likeness (QED) is 0.777. The molecule has 1 heterocycles. The Morgan fingerprint density at radius 3 is 2.74 bits per heavy atom. The van der Waals surface area contributed by atoms with Crippen molar-refractivity contribution in [2.45, 2.75) is 6.54 Å². The summed E-state index contributed by atoms with van der Waals surface area (Å²) in [4.78, 5) is 0. The second kappa shape index (κ2) is 5.02. The minimum Gasteiger partial charge on any atom is -0.491 e. The van der Waals surface area contributed by atoms with Gasteiger partial charge in [0, 0.05) is 11.6 Å². The molecule has 4 heteroatoms. The summed E-state index contributed by atoms with van der Waals surface area (Å²) < 4.78 is 7.61. The van der Waals surface area contributed by atoms with Crippen LogP contribution in [0.2, 0.25) is 0 Å². The number of nitrogens with zero attached hydrogens (tertiary/aromatic N) is 2. The first-order chi connectivity index (χ1) is 9.33. The molecule has 0 aliphatic carbocycles. The Balaban J connectivity index is 1.71. The molecule has 1 aromatic heterocycles. The maximum absolute atomic E-state index is 5.83. The minimum absolute atomic E-state index is 0.533. The Kier molecular flexibility index (Phi) is 3.06. The number of nitrogens with two attached hydrogens (primary N) is 1. The second-order valence-electron chi connectivity index (χ2n) is 4.33. The fraction of sp³-hybridized carbons (Fsp3) is 0.133. The van der Waals surface area contributed by atoms with Gasteiger partial charge >= 0.3 is 0 Å². The van der Waals surface area contributed by atoms with Gasteiger partial charge in [0.2, 0.25) is 0 Å². The number of hydrogen-bond acceptors (Lipinski definition) is 3. The summed E-state index contributed by atoms with van der Waals surface area (Å²) in [5.74, 6) is 1.43. The van der Waals surface area contributed by atoms with E-state index in [0.717, 1.165) is 11.1 Å². The van der Waals surface area contributed by atoms with Gasteiger partial charge in [-0.15, -0.1) is 0 Å². The van der Waals surface area contributed by atoms with Gasteiger partial charge in [-0.1, -0.05) is 36.4 Å². The van der Waals surface area contributed by atoms with Crippen LogP contribution in [0.4, 0.5) is 5.82 Å². The zero-order valence-corrected chi connectivity index (χ0v) is 10.5. The van der Waals surface area contributed by atoms with E-state index in [2.05, 4.69) is 23.3 Å². The lowest BCUT2D eigenvalue weighted by atomic mass is 10.1. The summed E-state index contributed by atoms with van der Waals surface area (Å²) >= 11 is 0. The smallest absolute Gasteiger partial charge is 0.145 e.